The number of carbonyl (C=O) groups is 1. The van der Waals surface area contributed by atoms with E-state index in [1.165, 1.54) is 38.8 Å². The zero-order chi connectivity index (χ0) is 18.4. The first-order valence-electron chi connectivity index (χ1n) is 10.2. The van der Waals surface area contributed by atoms with E-state index in [0.29, 0.717) is 16.2 Å². The molecule has 3 fully saturated rings. The lowest BCUT2D eigenvalue weighted by atomic mass is 9.79. The topological polar surface area (TPSA) is 36.4 Å². The normalized spacial score (nSPS) is 26.2. The second-order valence-electron chi connectivity index (χ2n) is 8.77. The second-order valence-corrected chi connectivity index (χ2v) is 9.17. The van der Waals surface area contributed by atoms with E-state index in [-0.39, 0.29) is 11.3 Å². The van der Waals surface area contributed by atoms with Crippen molar-refractivity contribution in [3.8, 4) is 0 Å². The van der Waals surface area contributed by atoms with Crippen molar-refractivity contribution in [3.05, 3.63) is 41.0 Å². The largest absolute Gasteiger partial charge is 0.337 e. The van der Waals surface area contributed by atoms with Crippen molar-refractivity contribution < 1.29 is 4.79 Å². The third-order valence-electron chi connectivity index (χ3n) is 6.57. The van der Waals surface area contributed by atoms with Gasteiger partial charge in [-0.2, -0.15) is 0 Å². The fraction of sp³-hybridized carbons (Fsp3) is 0.545. The highest BCUT2D eigenvalue weighted by Crippen LogP contribution is 2.41. The van der Waals surface area contributed by atoms with E-state index in [1.54, 1.807) is 0 Å². The summed E-state index contributed by atoms with van der Waals surface area (Å²) in [5.41, 5.74) is 1.52. The Morgan fingerprint density at radius 1 is 1.15 bits per heavy atom. The van der Waals surface area contributed by atoms with Crippen LogP contribution in [0.25, 0.3) is 10.9 Å². The van der Waals surface area contributed by atoms with Crippen LogP contribution < -0.4 is 0 Å². The number of aromatic nitrogens is 1. The second kappa shape index (κ2) is 6.75. The number of hydrogen-bond acceptors (Lipinski definition) is 3. The number of rotatable bonds is 3. The zero-order valence-electron chi connectivity index (χ0n) is 15.7. The van der Waals surface area contributed by atoms with Gasteiger partial charge < -0.3 is 9.80 Å². The number of benzene rings is 1. The van der Waals surface area contributed by atoms with Crippen LogP contribution in [-0.4, -0.2) is 53.4 Å². The molecule has 5 heteroatoms. The van der Waals surface area contributed by atoms with Crippen LogP contribution in [0.15, 0.2) is 30.3 Å². The van der Waals surface area contributed by atoms with Crippen LogP contribution in [0.4, 0.5) is 0 Å². The summed E-state index contributed by atoms with van der Waals surface area (Å²) in [6.45, 7) is 5.37. The Labute approximate surface area is 165 Å². The molecule has 3 heterocycles. The molecule has 3 aliphatic rings. The predicted octanol–water partition coefficient (Wildman–Crippen LogP) is 4.23. The molecular weight excluding hydrogens is 358 g/mol. The standard InChI is InChI=1S/C22H26ClN3O/c23-18-4-1-3-17-7-8-19(24-20(17)18)21(27)26-12-10-22(15-26)9-2-11-25(14-22)13-16-5-6-16/h1,3-4,7-8,16H,2,5-6,9-15H2/t22-/m1/s1. The average Bonchev–Trinajstić information content (AvgIpc) is 3.40. The number of nitrogens with zero attached hydrogens (tertiary/aromatic N) is 3. The summed E-state index contributed by atoms with van der Waals surface area (Å²) in [5.74, 6) is 0.985. The maximum absolute atomic E-state index is 13.1. The maximum Gasteiger partial charge on any atom is 0.272 e. The van der Waals surface area contributed by atoms with Crippen LogP contribution >= 0.6 is 11.6 Å². The molecule has 1 saturated carbocycles. The fourth-order valence-corrected chi connectivity index (χ4v) is 5.19. The molecule has 5 rings (SSSR count). The minimum absolute atomic E-state index is 0.0491. The molecule has 0 radical (unpaired) electrons. The predicted molar refractivity (Wildman–Crippen MR) is 108 cm³/mol. The van der Waals surface area contributed by atoms with Crippen molar-refractivity contribution in [2.24, 2.45) is 11.3 Å². The van der Waals surface area contributed by atoms with Gasteiger partial charge in [0.15, 0.2) is 0 Å². The molecule has 0 N–H and O–H groups in total. The average molecular weight is 384 g/mol. The summed E-state index contributed by atoms with van der Waals surface area (Å²) < 4.78 is 0. The lowest BCUT2D eigenvalue weighted by Gasteiger charge is -2.40. The highest BCUT2D eigenvalue weighted by Gasteiger charge is 2.43. The summed E-state index contributed by atoms with van der Waals surface area (Å²) in [5, 5.41) is 1.57. The molecule has 0 unspecified atom stereocenters. The minimum atomic E-state index is 0.0491. The molecule has 27 heavy (non-hydrogen) atoms. The fourth-order valence-electron chi connectivity index (χ4n) is 4.97. The Morgan fingerprint density at radius 3 is 2.89 bits per heavy atom. The number of hydrogen-bond donors (Lipinski definition) is 0. The van der Waals surface area contributed by atoms with Crippen LogP contribution in [0.2, 0.25) is 5.02 Å². The molecule has 4 nitrogen and oxygen atoms in total. The van der Waals surface area contributed by atoms with E-state index in [0.717, 1.165) is 37.4 Å². The smallest absolute Gasteiger partial charge is 0.272 e. The van der Waals surface area contributed by atoms with Gasteiger partial charge in [-0.25, -0.2) is 4.98 Å². The Hall–Kier alpha value is -1.65. The van der Waals surface area contributed by atoms with E-state index >= 15 is 0 Å². The molecule has 1 aromatic heterocycles. The third-order valence-corrected chi connectivity index (χ3v) is 6.87. The van der Waals surface area contributed by atoms with Crippen molar-refractivity contribution >= 4 is 28.4 Å². The molecular formula is C22H26ClN3O. The highest BCUT2D eigenvalue weighted by molar-refractivity contribution is 6.35. The highest BCUT2D eigenvalue weighted by atomic mass is 35.5. The van der Waals surface area contributed by atoms with Gasteiger partial charge in [-0.05, 0) is 56.7 Å². The molecule has 1 aliphatic carbocycles. The Balaban J connectivity index is 1.32. The number of pyridine rings is 1. The molecule has 2 saturated heterocycles. The van der Waals surface area contributed by atoms with Crippen LogP contribution in [0.5, 0.6) is 0 Å². The van der Waals surface area contributed by atoms with E-state index in [2.05, 4.69) is 9.88 Å². The summed E-state index contributed by atoms with van der Waals surface area (Å²) in [6, 6.07) is 9.50. The first-order chi connectivity index (χ1) is 13.1. The lowest BCUT2D eigenvalue weighted by molar-refractivity contribution is 0.0677. The van der Waals surface area contributed by atoms with E-state index in [1.807, 2.05) is 35.2 Å². The number of para-hydroxylation sites is 1. The van der Waals surface area contributed by atoms with Crippen molar-refractivity contribution in [2.75, 3.05) is 32.7 Å². The molecule has 1 aromatic carbocycles. The summed E-state index contributed by atoms with van der Waals surface area (Å²) in [6.07, 6.45) is 6.44. The van der Waals surface area contributed by atoms with Gasteiger partial charge in [0.05, 0.1) is 10.5 Å². The van der Waals surface area contributed by atoms with Crippen LogP contribution in [0.1, 0.15) is 42.6 Å². The number of carbonyl (C=O) groups excluding carboxylic acids is 1. The number of fused-ring (bicyclic) bond motifs is 1. The molecule has 142 valence electrons. The maximum atomic E-state index is 13.1. The molecule has 1 atom stereocenters. The van der Waals surface area contributed by atoms with Gasteiger partial charge >= 0.3 is 0 Å². The molecule has 1 spiro atoms. The van der Waals surface area contributed by atoms with Gasteiger partial charge in [-0.3, -0.25) is 4.79 Å². The first kappa shape index (κ1) is 17.4. The van der Waals surface area contributed by atoms with E-state index in [4.69, 9.17) is 11.6 Å². The van der Waals surface area contributed by atoms with Crippen LogP contribution in [0, 0.1) is 11.3 Å². The van der Waals surface area contributed by atoms with Crippen LogP contribution in [0.3, 0.4) is 0 Å². The number of amides is 1. The summed E-state index contributed by atoms with van der Waals surface area (Å²) >= 11 is 6.28. The number of halogens is 1. The first-order valence-corrected chi connectivity index (χ1v) is 10.6. The Bertz CT molecular complexity index is 881. The Morgan fingerprint density at radius 2 is 2.04 bits per heavy atom. The monoisotopic (exact) mass is 383 g/mol. The van der Waals surface area contributed by atoms with Gasteiger partial charge in [-0.1, -0.05) is 29.8 Å². The van der Waals surface area contributed by atoms with Crippen molar-refractivity contribution in [1.82, 2.24) is 14.8 Å². The summed E-state index contributed by atoms with van der Waals surface area (Å²) in [4.78, 5) is 22.4. The molecule has 2 aliphatic heterocycles. The minimum Gasteiger partial charge on any atom is -0.337 e. The van der Waals surface area contributed by atoms with Crippen LogP contribution in [-0.2, 0) is 0 Å². The van der Waals surface area contributed by atoms with Gasteiger partial charge in [0.1, 0.15) is 5.69 Å². The molecule has 1 amide bonds. The van der Waals surface area contributed by atoms with Gasteiger partial charge in [0.2, 0.25) is 0 Å². The van der Waals surface area contributed by atoms with Crippen molar-refractivity contribution in [2.45, 2.75) is 32.1 Å². The zero-order valence-corrected chi connectivity index (χ0v) is 16.4. The van der Waals surface area contributed by atoms with Crippen molar-refractivity contribution in [1.29, 1.82) is 0 Å². The quantitative estimate of drug-likeness (QED) is 0.795. The number of likely N-dealkylation sites (tertiary alicyclic amines) is 2. The van der Waals surface area contributed by atoms with Gasteiger partial charge in [0.25, 0.3) is 5.91 Å². The van der Waals surface area contributed by atoms with E-state index in [9.17, 15) is 4.79 Å². The SMILES string of the molecule is O=C(c1ccc2cccc(Cl)c2n1)N1CC[C@@]2(CCCN(CC3CC3)C2)C1. The van der Waals surface area contributed by atoms with Gasteiger partial charge in [0, 0.05) is 37.0 Å². The number of piperidine rings is 1. The molecule has 0 bridgehead atoms. The van der Waals surface area contributed by atoms with Crippen molar-refractivity contribution in [3.63, 3.8) is 0 Å². The summed E-state index contributed by atoms with van der Waals surface area (Å²) in [7, 11) is 0. The molecule has 2 aromatic rings. The Kier molecular flexibility index (Phi) is 4.36. The lowest BCUT2D eigenvalue weighted by Crippen LogP contribution is -2.46. The van der Waals surface area contributed by atoms with E-state index < -0.39 is 0 Å². The van der Waals surface area contributed by atoms with Gasteiger partial charge in [-0.15, -0.1) is 0 Å². The third kappa shape index (κ3) is 3.45.